The Bertz CT molecular complexity index is 820. The molecule has 0 heterocycles. The third kappa shape index (κ3) is 2.54. The lowest BCUT2D eigenvalue weighted by Crippen LogP contribution is -2.33. The first-order valence-corrected chi connectivity index (χ1v) is 8.76. The largest absolute Gasteiger partial charge is 0.338 e. The van der Waals surface area contributed by atoms with Gasteiger partial charge in [-0.2, -0.15) is 0 Å². The molecule has 0 N–H and O–H groups in total. The fourth-order valence-electron chi connectivity index (χ4n) is 3.50. The van der Waals surface area contributed by atoms with Crippen molar-refractivity contribution in [2.75, 3.05) is 13.1 Å². The van der Waals surface area contributed by atoms with Gasteiger partial charge in [0.15, 0.2) is 5.78 Å². The lowest BCUT2D eigenvalue weighted by Gasteiger charge is -2.22. The molecule has 1 fully saturated rings. The molecule has 0 saturated heterocycles. The van der Waals surface area contributed by atoms with Gasteiger partial charge in [-0.3, -0.25) is 9.59 Å². The molecule has 3 heteroatoms. The van der Waals surface area contributed by atoms with Gasteiger partial charge < -0.3 is 4.90 Å². The molecule has 0 aliphatic heterocycles. The summed E-state index contributed by atoms with van der Waals surface area (Å²) in [4.78, 5) is 27.5. The Balaban J connectivity index is 1.66. The van der Waals surface area contributed by atoms with Crippen molar-refractivity contribution in [3.63, 3.8) is 0 Å². The first kappa shape index (κ1) is 15.1. The van der Waals surface area contributed by atoms with E-state index in [9.17, 15) is 9.59 Å². The Morgan fingerprint density at radius 1 is 1.04 bits per heavy atom. The Kier molecular flexibility index (Phi) is 3.72. The summed E-state index contributed by atoms with van der Waals surface area (Å²) >= 11 is 0. The second-order valence-corrected chi connectivity index (χ2v) is 6.83. The zero-order valence-corrected chi connectivity index (χ0v) is 13.9. The van der Waals surface area contributed by atoms with Crippen molar-refractivity contribution in [3.8, 4) is 11.1 Å². The maximum atomic E-state index is 12.9. The first-order valence-electron chi connectivity index (χ1n) is 8.76. The Labute approximate surface area is 142 Å². The summed E-state index contributed by atoms with van der Waals surface area (Å²) in [6.45, 7) is 3.72. The van der Waals surface area contributed by atoms with Crippen LogP contribution in [-0.4, -0.2) is 29.7 Å². The lowest BCUT2D eigenvalue weighted by molar-refractivity contribution is 0.0747. The number of benzene rings is 2. The molecule has 24 heavy (non-hydrogen) atoms. The molecule has 2 aromatic carbocycles. The van der Waals surface area contributed by atoms with Crippen molar-refractivity contribution in [3.05, 3.63) is 59.2 Å². The van der Waals surface area contributed by atoms with Crippen molar-refractivity contribution < 1.29 is 9.59 Å². The second-order valence-electron chi connectivity index (χ2n) is 6.83. The Morgan fingerprint density at radius 2 is 1.75 bits per heavy atom. The van der Waals surface area contributed by atoms with E-state index >= 15 is 0 Å². The predicted octanol–water partition coefficient (Wildman–Crippen LogP) is 4.16. The fraction of sp³-hybridized carbons (Fsp3) is 0.333. The maximum absolute atomic E-state index is 12.9. The molecule has 4 rings (SSSR count). The van der Waals surface area contributed by atoms with Crippen molar-refractivity contribution in [1.29, 1.82) is 0 Å². The minimum Gasteiger partial charge on any atom is -0.338 e. The molecule has 2 aliphatic carbocycles. The minimum absolute atomic E-state index is 0.0273. The zero-order valence-electron chi connectivity index (χ0n) is 13.9. The second kappa shape index (κ2) is 5.90. The highest BCUT2D eigenvalue weighted by Gasteiger charge is 2.30. The first-order chi connectivity index (χ1) is 11.7. The van der Waals surface area contributed by atoms with Crippen molar-refractivity contribution in [2.24, 2.45) is 5.92 Å². The van der Waals surface area contributed by atoms with E-state index in [-0.39, 0.29) is 11.7 Å². The molecule has 122 valence electrons. The zero-order chi connectivity index (χ0) is 16.7. The van der Waals surface area contributed by atoms with Crippen molar-refractivity contribution in [1.82, 2.24) is 4.90 Å². The minimum atomic E-state index is 0.0273. The molecule has 0 spiro atoms. The molecule has 0 bridgehead atoms. The van der Waals surface area contributed by atoms with E-state index in [0.29, 0.717) is 17.0 Å². The Morgan fingerprint density at radius 3 is 2.46 bits per heavy atom. The van der Waals surface area contributed by atoms with Crippen LogP contribution >= 0.6 is 0 Å². The molecule has 0 aromatic heterocycles. The highest BCUT2D eigenvalue weighted by molar-refractivity contribution is 6.22. The number of ketones is 1. The van der Waals surface area contributed by atoms with Crippen LogP contribution in [0.3, 0.4) is 0 Å². The van der Waals surface area contributed by atoms with E-state index in [0.717, 1.165) is 36.2 Å². The average Bonchev–Trinajstić information content (AvgIpc) is 3.39. The summed E-state index contributed by atoms with van der Waals surface area (Å²) in [5, 5.41) is 0. The summed E-state index contributed by atoms with van der Waals surface area (Å²) in [7, 11) is 0. The highest BCUT2D eigenvalue weighted by Crippen LogP contribution is 2.37. The van der Waals surface area contributed by atoms with Crippen LogP contribution in [0.4, 0.5) is 0 Å². The van der Waals surface area contributed by atoms with Crippen molar-refractivity contribution in [2.45, 2.75) is 26.2 Å². The average molecular weight is 319 g/mol. The van der Waals surface area contributed by atoms with Gasteiger partial charge in [0.1, 0.15) is 0 Å². The molecule has 1 saturated carbocycles. The van der Waals surface area contributed by atoms with E-state index in [1.807, 2.05) is 41.3 Å². The van der Waals surface area contributed by atoms with Gasteiger partial charge in [-0.15, -0.1) is 0 Å². The van der Waals surface area contributed by atoms with Crippen LogP contribution < -0.4 is 0 Å². The molecular weight excluding hydrogens is 298 g/mol. The number of amides is 1. The molecule has 3 nitrogen and oxygen atoms in total. The number of rotatable bonds is 5. The highest BCUT2D eigenvalue weighted by atomic mass is 16.2. The monoisotopic (exact) mass is 319 g/mol. The molecule has 0 atom stereocenters. The smallest absolute Gasteiger partial charge is 0.253 e. The summed E-state index contributed by atoms with van der Waals surface area (Å²) in [6.07, 6.45) is 3.41. The molecule has 0 radical (unpaired) electrons. The van der Waals surface area contributed by atoms with E-state index in [4.69, 9.17) is 0 Å². The van der Waals surface area contributed by atoms with Crippen LogP contribution in [0.5, 0.6) is 0 Å². The van der Waals surface area contributed by atoms with Gasteiger partial charge in [0.25, 0.3) is 5.91 Å². The number of fused-ring (bicyclic) bond motifs is 3. The fourth-order valence-corrected chi connectivity index (χ4v) is 3.50. The van der Waals surface area contributed by atoms with Gasteiger partial charge in [-0.25, -0.2) is 0 Å². The molecule has 0 unspecified atom stereocenters. The topological polar surface area (TPSA) is 37.4 Å². The number of carbonyl (C=O) groups is 2. The van der Waals surface area contributed by atoms with E-state index in [1.165, 1.54) is 12.8 Å². The lowest BCUT2D eigenvalue weighted by atomic mass is 10.0. The van der Waals surface area contributed by atoms with Crippen LogP contribution in [0, 0.1) is 5.92 Å². The van der Waals surface area contributed by atoms with E-state index < -0.39 is 0 Å². The van der Waals surface area contributed by atoms with Gasteiger partial charge >= 0.3 is 0 Å². The van der Waals surface area contributed by atoms with Gasteiger partial charge in [-0.05, 0) is 48.4 Å². The Hall–Kier alpha value is -2.42. The van der Waals surface area contributed by atoms with Crippen molar-refractivity contribution >= 4 is 11.7 Å². The molecular formula is C21H21NO2. The maximum Gasteiger partial charge on any atom is 0.253 e. The third-order valence-corrected chi connectivity index (χ3v) is 4.93. The van der Waals surface area contributed by atoms with E-state index in [2.05, 4.69) is 6.92 Å². The normalized spacial score (nSPS) is 15.1. The van der Waals surface area contributed by atoms with Crippen LogP contribution in [0.1, 0.15) is 52.5 Å². The molecule has 2 aliphatic rings. The SMILES string of the molecule is CCCN(CC1CC1)C(=O)c1ccc2c(c1)C(=O)c1ccccc1-2. The van der Waals surface area contributed by atoms with Crippen LogP contribution in [0.15, 0.2) is 42.5 Å². The van der Waals surface area contributed by atoms with Gasteiger partial charge in [0.05, 0.1) is 0 Å². The predicted molar refractivity (Wildman–Crippen MR) is 94.2 cm³/mol. The number of nitrogens with zero attached hydrogens (tertiary/aromatic N) is 1. The van der Waals surface area contributed by atoms with Crippen LogP contribution in [-0.2, 0) is 0 Å². The van der Waals surface area contributed by atoms with Gasteiger partial charge in [0.2, 0.25) is 0 Å². The summed E-state index contributed by atoms with van der Waals surface area (Å²) in [5.41, 5.74) is 3.94. The van der Waals surface area contributed by atoms with Crippen LogP contribution in [0.25, 0.3) is 11.1 Å². The standard InChI is InChI=1S/C21H21NO2/c1-2-11-22(13-14-7-8-14)21(24)15-9-10-17-16-5-3-4-6-18(16)20(23)19(17)12-15/h3-6,9-10,12,14H,2,7-8,11,13H2,1H3. The number of carbonyl (C=O) groups excluding carboxylic acids is 2. The summed E-state index contributed by atoms with van der Waals surface area (Å²) in [5.74, 6) is 0.746. The molecule has 1 amide bonds. The third-order valence-electron chi connectivity index (χ3n) is 4.93. The summed E-state index contributed by atoms with van der Waals surface area (Å²) in [6, 6.07) is 13.2. The number of hydrogen-bond donors (Lipinski definition) is 0. The quantitative estimate of drug-likeness (QED) is 0.708. The van der Waals surface area contributed by atoms with Gasteiger partial charge in [0, 0.05) is 29.8 Å². The van der Waals surface area contributed by atoms with E-state index in [1.54, 1.807) is 6.07 Å². The summed E-state index contributed by atoms with van der Waals surface area (Å²) < 4.78 is 0. The number of hydrogen-bond acceptors (Lipinski definition) is 2. The van der Waals surface area contributed by atoms with Gasteiger partial charge in [-0.1, -0.05) is 37.3 Å². The molecule has 2 aromatic rings. The van der Waals surface area contributed by atoms with Crippen LogP contribution in [0.2, 0.25) is 0 Å².